The lowest BCUT2D eigenvalue weighted by atomic mass is 9.80. The van der Waals surface area contributed by atoms with Gasteiger partial charge in [0.2, 0.25) is 0 Å². The molecule has 0 bridgehead atoms. The Balaban J connectivity index is 1.69. The van der Waals surface area contributed by atoms with E-state index in [0.717, 1.165) is 11.8 Å². The van der Waals surface area contributed by atoms with Crippen molar-refractivity contribution in [3.8, 4) is 0 Å². The van der Waals surface area contributed by atoms with E-state index in [9.17, 15) is 0 Å². The fourth-order valence-electron chi connectivity index (χ4n) is 3.89. The van der Waals surface area contributed by atoms with Gasteiger partial charge in [-0.25, -0.2) is 0 Å². The van der Waals surface area contributed by atoms with Crippen molar-refractivity contribution < 1.29 is 0 Å². The molecule has 0 nitrogen and oxygen atoms in total. The van der Waals surface area contributed by atoms with E-state index in [1.807, 2.05) is 0 Å². The third-order valence-electron chi connectivity index (χ3n) is 5.40. The van der Waals surface area contributed by atoms with Crippen LogP contribution in [0.2, 0.25) is 0 Å². The van der Waals surface area contributed by atoms with E-state index in [-0.39, 0.29) is 7.92 Å². The van der Waals surface area contributed by atoms with Gasteiger partial charge in [0, 0.05) is 0 Å². The molecular formula is C22H29P. The summed E-state index contributed by atoms with van der Waals surface area (Å²) in [6, 6.07) is 22.3. The van der Waals surface area contributed by atoms with Crippen LogP contribution in [0.1, 0.15) is 45.4 Å². The highest BCUT2D eigenvalue weighted by molar-refractivity contribution is 7.73. The molecule has 23 heavy (non-hydrogen) atoms. The van der Waals surface area contributed by atoms with E-state index in [2.05, 4.69) is 67.6 Å². The quantitative estimate of drug-likeness (QED) is 0.596. The normalized spacial score (nSPS) is 17.3. The first kappa shape index (κ1) is 16.7. The molecule has 1 aliphatic carbocycles. The van der Waals surface area contributed by atoms with Crippen LogP contribution >= 0.6 is 7.92 Å². The standard InChI is InChI=1S/C22H29P/c1-19(20-11-5-2-6-12-20)17-18-23(21-13-7-3-8-14-21)22-15-9-4-10-16-22/h3-4,7-10,13-16,19-20H,2,5-6,11-12,17-18H2,1H3. The third-order valence-corrected chi connectivity index (χ3v) is 7.95. The molecule has 0 spiro atoms. The zero-order valence-electron chi connectivity index (χ0n) is 14.3. The van der Waals surface area contributed by atoms with Gasteiger partial charge in [0.25, 0.3) is 0 Å². The molecule has 0 saturated heterocycles. The summed E-state index contributed by atoms with van der Waals surface area (Å²) in [4.78, 5) is 0. The maximum absolute atomic E-state index is 2.50. The van der Waals surface area contributed by atoms with Crippen LogP contribution < -0.4 is 10.6 Å². The molecule has 0 amide bonds. The summed E-state index contributed by atoms with van der Waals surface area (Å²) >= 11 is 0. The van der Waals surface area contributed by atoms with Gasteiger partial charge >= 0.3 is 0 Å². The zero-order valence-corrected chi connectivity index (χ0v) is 15.2. The van der Waals surface area contributed by atoms with Gasteiger partial charge in [-0.2, -0.15) is 0 Å². The Morgan fingerprint density at radius 2 is 1.35 bits per heavy atom. The van der Waals surface area contributed by atoms with Gasteiger partial charge in [0.1, 0.15) is 0 Å². The lowest BCUT2D eigenvalue weighted by Gasteiger charge is -2.29. The predicted molar refractivity (Wildman–Crippen MR) is 104 cm³/mol. The molecule has 1 atom stereocenters. The summed E-state index contributed by atoms with van der Waals surface area (Å²) < 4.78 is 0. The Labute approximate surface area is 143 Å². The Hall–Kier alpha value is -1.13. The lowest BCUT2D eigenvalue weighted by Crippen LogP contribution is -2.19. The van der Waals surface area contributed by atoms with E-state index in [1.165, 1.54) is 55.3 Å². The summed E-state index contributed by atoms with van der Waals surface area (Å²) in [5.41, 5.74) is 0. The Morgan fingerprint density at radius 1 is 0.826 bits per heavy atom. The van der Waals surface area contributed by atoms with E-state index < -0.39 is 0 Å². The van der Waals surface area contributed by atoms with E-state index in [1.54, 1.807) is 0 Å². The fraction of sp³-hybridized carbons (Fsp3) is 0.455. The maximum Gasteiger partial charge on any atom is -0.0195 e. The second kappa shape index (κ2) is 8.65. The summed E-state index contributed by atoms with van der Waals surface area (Å²) in [6.07, 6.45) is 10.0. The van der Waals surface area contributed by atoms with Crippen LogP contribution in [0, 0.1) is 11.8 Å². The van der Waals surface area contributed by atoms with Crippen LogP contribution in [0.3, 0.4) is 0 Å². The van der Waals surface area contributed by atoms with Crippen molar-refractivity contribution in [3.63, 3.8) is 0 Å². The monoisotopic (exact) mass is 324 g/mol. The van der Waals surface area contributed by atoms with Crippen molar-refractivity contribution in [3.05, 3.63) is 60.7 Å². The average Bonchev–Trinajstić information content (AvgIpc) is 2.64. The van der Waals surface area contributed by atoms with Crippen LogP contribution in [0.4, 0.5) is 0 Å². The second-order valence-electron chi connectivity index (χ2n) is 6.99. The first-order valence-electron chi connectivity index (χ1n) is 9.22. The minimum absolute atomic E-state index is 0.204. The number of hydrogen-bond acceptors (Lipinski definition) is 0. The molecule has 1 fully saturated rings. The molecule has 2 aromatic rings. The molecule has 3 rings (SSSR count). The molecule has 0 heterocycles. The predicted octanol–water partition coefficient (Wildman–Crippen LogP) is 5.73. The molecule has 122 valence electrons. The summed E-state index contributed by atoms with van der Waals surface area (Å²) in [5, 5.41) is 3.06. The smallest absolute Gasteiger partial charge is 0.0195 e. The average molecular weight is 324 g/mol. The molecule has 1 heteroatoms. The minimum Gasteiger partial charge on any atom is -0.0622 e. The highest BCUT2D eigenvalue weighted by Crippen LogP contribution is 2.38. The number of benzene rings is 2. The van der Waals surface area contributed by atoms with Gasteiger partial charge in [0.05, 0.1) is 0 Å². The molecule has 1 aliphatic rings. The first-order chi connectivity index (χ1) is 11.3. The lowest BCUT2D eigenvalue weighted by molar-refractivity contribution is 0.259. The molecule has 0 aliphatic heterocycles. The Bertz CT molecular complexity index is 518. The van der Waals surface area contributed by atoms with Crippen LogP contribution in [-0.4, -0.2) is 6.16 Å². The molecule has 1 unspecified atom stereocenters. The van der Waals surface area contributed by atoms with Crippen LogP contribution in [0.15, 0.2) is 60.7 Å². The minimum atomic E-state index is -0.204. The Kier molecular flexibility index (Phi) is 6.29. The second-order valence-corrected chi connectivity index (χ2v) is 9.32. The van der Waals surface area contributed by atoms with E-state index in [0.29, 0.717) is 0 Å². The van der Waals surface area contributed by atoms with Gasteiger partial charge in [-0.05, 0) is 42.9 Å². The number of hydrogen-bond donors (Lipinski definition) is 0. The topological polar surface area (TPSA) is 0 Å². The van der Waals surface area contributed by atoms with Crippen molar-refractivity contribution in [1.82, 2.24) is 0 Å². The van der Waals surface area contributed by atoms with Gasteiger partial charge in [0.15, 0.2) is 0 Å². The SMILES string of the molecule is CC(CCP(c1ccccc1)c1ccccc1)C1CCCCC1. The van der Waals surface area contributed by atoms with E-state index >= 15 is 0 Å². The maximum atomic E-state index is 2.50. The van der Waals surface area contributed by atoms with Crippen LogP contribution in [0.25, 0.3) is 0 Å². The largest absolute Gasteiger partial charge is 0.0622 e. The molecule has 0 aromatic heterocycles. The van der Waals surface area contributed by atoms with Gasteiger partial charge < -0.3 is 0 Å². The molecular weight excluding hydrogens is 295 g/mol. The van der Waals surface area contributed by atoms with Crippen molar-refractivity contribution in [1.29, 1.82) is 0 Å². The van der Waals surface area contributed by atoms with Crippen molar-refractivity contribution in [2.75, 3.05) is 6.16 Å². The molecule has 1 saturated carbocycles. The highest BCUT2D eigenvalue weighted by atomic mass is 31.1. The van der Waals surface area contributed by atoms with Gasteiger partial charge in [-0.3, -0.25) is 0 Å². The summed E-state index contributed by atoms with van der Waals surface area (Å²) in [6.45, 7) is 2.50. The zero-order chi connectivity index (χ0) is 15.9. The fourth-order valence-corrected chi connectivity index (χ4v) is 6.44. The summed E-state index contributed by atoms with van der Waals surface area (Å²) in [5.74, 6) is 1.86. The molecule has 0 N–H and O–H groups in total. The Morgan fingerprint density at radius 3 is 1.87 bits per heavy atom. The van der Waals surface area contributed by atoms with Crippen LogP contribution in [-0.2, 0) is 0 Å². The molecule has 0 radical (unpaired) electrons. The van der Waals surface area contributed by atoms with Crippen molar-refractivity contribution in [2.45, 2.75) is 45.4 Å². The number of rotatable bonds is 6. The first-order valence-corrected chi connectivity index (χ1v) is 10.7. The highest BCUT2D eigenvalue weighted by Gasteiger charge is 2.22. The van der Waals surface area contributed by atoms with E-state index in [4.69, 9.17) is 0 Å². The molecule has 2 aromatic carbocycles. The van der Waals surface area contributed by atoms with Crippen molar-refractivity contribution >= 4 is 18.5 Å². The summed E-state index contributed by atoms with van der Waals surface area (Å²) in [7, 11) is -0.204. The van der Waals surface area contributed by atoms with Gasteiger partial charge in [-0.1, -0.05) is 99.7 Å². The van der Waals surface area contributed by atoms with Crippen LogP contribution in [0.5, 0.6) is 0 Å². The van der Waals surface area contributed by atoms with Crippen molar-refractivity contribution in [2.24, 2.45) is 11.8 Å². The van der Waals surface area contributed by atoms with Gasteiger partial charge in [-0.15, -0.1) is 0 Å². The third kappa shape index (κ3) is 4.67.